The van der Waals surface area contributed by atoms with E-state index in [1.165, 1.54) is 0 Å². The molecule has 0 saturated carbocycles. The molecule has 3 aromatic carbocycles. The standard InChI is InChI=1S/C30H27Cl2N5O2/c1-2-3-8-25-33-28(36-13-15-37(16-14-36)30(38)22-11-12-23(31)24(32)18-22)26-27(35-39-29(26)34-25)21-10-9-19-6-4-5-7-20(19)17-21/h4-7,9-12,17-18H,2-3,8,13-16H2,1H3. The van der Waals surface area contributed by atoms with Gasteiger partial charge < -0.3 is 14.3 Å². The van der Waals surface area contributed by atoms with E-state index in [1.54, 1.807) is 18.2 Å². The van der Waals surface area contributed by atoms with Gasteiger partial charge in [-0.2, -0.15) is 4.98 Å². The van der Waals surface area contributed by atoms with E-state index < -0.39 is 0 Å². The van der Waals surface area contributed by atoms with E-state index in [4.69, 9.17) is 37.7 Å². The van der Waals surface area contributed by atoms with Gasteiger partial charge in [0.1, 0.15) is 22.7 Å². The van der Waals surface area contributed by atoms with Crippen LogP contribution in [0, 0.1) is 0 Å². The third kappa shape index (κ3) is 5.04. The SMILES string of the molecule is CCCCc1nc(N2CCN(C(=O)c3ccc(Cl)c(Cl)c3)CC2)c2c(-c3ccc4ccccc4c3)noc2n1. The number of piperazine rings is 1. The highest BCUT2D eigenvalue weighted by Crippen LogP contribution is 2.35. The Morgan fingerprint density at radius 3 is 2.49 bits per heavy atom. The molecule has 1 aliphatic heterocycles. The zero-order valence-corrected chi connectivity index (χ0v) is 23.0. The lowest BCUT2D eigenvalue weighted by Gasteiger charge is -2.35. The molecule has 0 aliphatic carbocycles. The first-order chi connectivity index (χ1) is 19.0. The van der Waals surface area contributed by atoms with Crippen LogP contribution < -0.4 is 4.90 Å². The van der Waals surface area contributed by atoms with Gasteiger partial charge in [-0.1, -0.05) is 78.1 Å². The highest BCUT2D eigenvalue weighted by Gasteiger charge is 2.28. The lowest BCUT2D eigenvalue weighted by atomic mass is 10.0. The second-order valence-corrected chi connectivity index (χ2v) is 10.6. The fourth-order valence-corrected chi connectivity index (χ4v) is 5.32. The number of unbranched alkanes of at least 4 members (excludes halogenated alkanes) is 1. The van der Waals surface area contributed by atoms with Crippen molar-refractivity contribution in [3.63, 3.8) is 0 Å². The van der Waals surface area contributed by atoms with E-state index in [9.17, 15) is 4.79 Å². The Balaban J connectivity index is 1.33. The number of amides is 1. The summed E-state index contributed by atoms with van der Waals surface area (Å²) < 4.78 is 5.79. The van der Waals surface area contributed by atoms with E-state index in [0.717, 1.165) is 58.3 Å². The molecule has 198 valence electrons. The third-order valence-corrected chi connectivity index (χ3v) is 7.91. The van der Waals surface area contributed by atoms with Crippen molar-refractivity contribution < 1.29 is 9.32 Å². The minimum atomic E-state index is -0.0634. The molecule has 2 aromatic heterocycles. The fourth-order valence-electron chi connectivity index (χ4n) is 5.02. The van der Waals surface area contributed by atoms with E-state index in [1.807, 2.05) is 17.0 Å². The normalized spacial score (nSPS) is 13.9. The number of halogens is 2. The van der Waals surface area contributed by atoms with Crippen LogP contribution in [0.25, 0.3) is 33.1 Å². The molecule has 1 aliphatic rings. The number of nitrogens with zero attached hydrogens (tertiary/aromatic N) is 5. The summed E-state index contributed by atoms with van der Waals surface area (Å²) in [6.07, 6.45) is 2.80. The molecule has 39 heavy (non-hydrogen) atoms. The Kier molecular flexibility index (Phi) is 7.11. The minimum absolute atomic E-state index is 0.0634. The monoisotopic (exact) mass is 559 g/mol. The summed E-state index contributed by atoms with van der Waals surface area (Å²) in [4.78, 5) is 26.9. The number of anilines is 1. The predicted octanol–water partition coefficient (Wildman–Crippen LogP) is 7.05. The van der Waals surface area contributed by atoms with Crippen molar-refractivity contribution in [3.8, 4) is 11.3 Å². The molecule has 6 rings (SSSR count). The number of aryl methyl sites for hydroxylation is 1. The van der Waals surface area contributed by atoms with Crippen LogP contribution in [0.3, 0.4) is 0 Å². The summed E-state index contributed by atoms with van der Waals surface area (Å²) in [5.41, 5.74) is 2.69. The Bertz CT molecular complexity index is 1680. The zero-order chi connectivity index (χ0) is 26.9. The predicted molar refractivity (Wildman–Crippen MR) is 156 cm³/mol. The van der Waals surface area contributed by atoms with Crippen LogP contribution in [0.5, 0.6) is 0 Å². The highest BCUT2D eigenvalue weighted by molar-refractivity contribution is 6.42. The quantitative estimate of drug-likeness (QED) is 0.222. The molecular weight excluding hydrogens is 533 g/mol. The van der Waals surface area contributed by atoms with E-state index in [2.05, 4.69) is 47.3 Å². The summed E-state index contributed by atoms with van der Waals surface area (Å²) in [5, 5.41) is 8.35. The number of aromatic nitrogens is 3. The molecule has 0 bridgehead atoms. The average Bonchev–Trinajstić information content (AvgIpc) is 3.40. The van der Waals surface area contributed by atoms with Crippen LogP contribution in [-0.2, 0) is 6.42 Å². The van der Waals surface area contributed by atoms with Crippen molar-refractivity contribution in [2.45, 2.75) is 26.2 Å². The van der Waals surface area contributed by atoms with Crippen LogP contribution in [0.15, 0.2) is 65.2 Å². The summed E-state index contributed by atoms with van der Waals surface area (Å²) in [6, 6.07) is 19.5. The van der Waals surface area contributed by atoms with Gasteiger partial charge in [0.15, 0.2) is 0 Å². The summed E-state index contributed by atoms with van der Waals surface area (Å²) in [6.45, 7) is 4.48. The molecule has 0 spiro atoms. The summed E-state index contributed by atoms with van der Waals surface area (Å²) >= 11 is 12.2. The molecule has 3 heterocycles. The van der Waals surface area contributed by atoms with Gasteiger partial charge in [-0.3, -0.25) is 4.79 Å². The van der Waals surface area contributed by atoms with Gasteiger partial charge in [0.05, 0.1) is 10.0 Å². The maximum absolute atomic E-state index is 13.2. The molecule has 0 N–H and O–H groups in total. The largest absolute Gasteiger partial charge is 0.352 e. The first-order valence-electron chi connectivity index (χ1n) is 13.2. The summed E-state index contributed by atoms with van der Waals surface area (Å²) in [7, 11) is 0. The Morgan fingerprint density at radius 1 is 0.923 bits per heavy atom. The highest BCUT2D eigenvalue weighted by atomic mass is 35.5. The van der Waals surface area contributed by atoms with Gasteiger partial charge in [0.25, 0.3) is 11.6 Å². The number of hydrogen-bond donors (Lipinski definition) is 0. The van der Waals surface area contributed by atoms with E-state index in [-0.39, 0.29) is 5.91 Å². The molecule has 0 unspecified atom stereocenters. The number of carbonyl (C=O) groups excluding carboxylic acids is 1. The van der Waals surface area contributed by atoms with Gasteiger partial charge >= 0.3 is 0 Å². The molecule has 5 aromatic rings. The van der Waals surface area contributed by atoms with Crippen LogP contribution in [0.4, 0.5) is 5.82 Å². The maximum atomic E-state index is 13.2. The van der Waals surface area contributed by atoms with Crippen molar-refractivity contribution in [1.29, 1.82) is 0 Å². The van der Waals surface area contributed by atoms with Crippen molar-refractivity contribution in [2.24, 2.45) is 0 Å². The van der Waals surface area contributed by atoms with Crippen molar-refractivity contribution in [1.82, 2.24) is 20.0 Å². The number of rotatable bonds is 6. The maximum Gasteiger partial charge on any atom is 0.263 e. The Labute approximate surface area is 236 Å². The zero-order valence-electron chi connectivity index (χ0n) is 21.5. The number of hydrogen-bond acceptors (Lipinski definition) is 6. The number of fused-ring (bicyclic) bond motifs is 2. The Morgan fingerprint density at radius 2 is 1.72 bits per heavy atom. The van der Waals surface area contributed by atoms with Crippen LogP contribution in [-0.4, -0.2) is 52.1 Å². The molecular formula is C30H27Cl2N5O2. The third-order valence-electron chi connectivity index (χ3n) is 7.17. The van der Waals surface area contributed by atoms with E-state index in [0.29, 0.717) is 47.5 Å². The fraction of sp³-hybridized carbons (Fsp3) is 0.267. The van der Waals surface area contributed by atoms with Gasteiger partial charge in [-0.15, -0.1) is 0 Å². The van der Waals surface area contributed by atoms with Gasteiger partial charge in [-0.05, 0) is 41.5 Å². The smallest absolute Gasteiger partial charge is 0.263 e. The molecule has 7 nitrogen and oxygen atoms in total. The molecule has 9 heteroatoms. The molecule has 0 atom stereocenters. The average molecular weight is 560 g/mol. The van der Waals surface area contributed by atoms with Crippen molar-refractivity contribution in [3.05, 3.63) is 82.1 Å². The molecule has 1 fully saturated rings. The van der Waals surface area contributed by atoms with Gasteiger partial charge in [0, 0.05) is 43.7 Å². The minimum Gasteiger partial charge on any atom is -0.352 e. The lowest BCUT2D eigenvalue weighted by molar-refractivity contribution is 0.0746. The summed E-state index contributed by atoms with van der Waals surface area (Å²) in [5.74, 6) is 1.48. The first-order valence-corrected chi connectivity index (χ1v) is 13.9. The second kappa shape index (κ2) is 10.8. The van der Waals surface area contributed by atoms with Crippen LogP contribution >= 0.6 is 23.2 Å². The van der Waals surface area contributed by atoms with Crippen LogP contribution in [0.2, 0.25) is 10.0 Å². The van der Waals surface area contributed by atoms with Crippen molar-refractivity contribution >= 4 is 56.8 Å². The number of carbonyl (C=O) groups is 1. The number of benzene rings is 3. The Hall–Kier alpha value is -3.68. The van der Waals surface area contributed by atoms with Crippen LogP contribution in [0.1, 0.15) is 35.9 Å². The van der Waals surface area contributed by atoms with E-state index >= 15 is 0 Å². The molecule has 1 saturated heterocycles. The molecule has 1 amide bonds. The first kappa shape index (κ1) is 25.6. The van der Waals surface area contributed by atoms with Crippen molar-refractivity contribution in [2.75, 3.05) is 31.1 Å². The van der Waals surface area contributed by atoms with Gasteiger partial charge in [-0.25, -0.2) is 4.98 Å². The molecule has 0 radical (unpaired) electrons. The lowest BCUT2D eigenvalue weighted by Crippen LogP contribution is -2.49. The topological polar surface area (TPSA) is 75.4 Å². The second-order valence-electron chi connectivity index (χ2n) is 9.75. The van der Waals surface area contributed by atoms with Gasteiger partial charge in [0.2, 0.25) is 0 Å².